The third kappa shape index (κ3) is 3.71. The van der Waals surface area contributed by atoms with Crippen molar-refractivity contribution in [2.75, 3.05) is 0 Å². The molecule has 0 saturated heterocycles. The number of nitrogens with zero attached hydrogens (tertiary/aromatic N) is 3. The average molecular weight is 484 g/mol. The van der Waals surface area contributed by atoms with Gasteiger partial charge in [0.2, 0.25) is 0 Å². The molecular formula is C23H22BrN3S2. The fraction of sp³-hybridized carbons (Fsp3) is 0.348. The number of halogens is 1. The summed E-state index contributed by atoms with van der Waals surface area (Å²) in [7, 11) is 0. The average Bonchev–Trinajstić information content (AvgIpc) is 3.13. The fourth-order valence-electron chi connectivity index (χ4n) is 4.20. The van der Waals surface area contributed by atoms with Crippen LogP contribution in [0, 0.1) is 0 Å². The molecule has 3 heterocycles. The Morgan fingerprint density at radius 1 is 1.07 bits per heavy atom. The van der Waals surface area contributed by atoms with Gasteiger partial charge in [-0.3, -0.25) is 0 Å². The highest BCUT2D eigenvalue weighted by molar-refractivity contribution is 9.10. The molecule has 0 atom stereocenters. The number of thioether (sulfide) groups is 1. The van der Waals surface area contributed by atoms with Gasteiger partial charge in [-0.15, -0.1) is 23.1 Å². The van der Waals surface area contributed by atoms with E-state index in [1.165, 1.54) is 51.7 Å². The monoisotopic (exact) mass is 483 g/mol. The van der Waals surface area contributed by atoms with Crippen LogP contribution < -0.4 is 0 Å². The second-order valence-corrected chi connectivity index (χ2v) is 10.4. The lowest BCUT2D eigenvalue weighted by atomic mass is 9.88. The second kappa shape index (κ2) is 8.32. The molecule has 0 fully saturated rings. The van der Waals surface area contributed by atoms with Crippen molar-refractivity contribution >= 4 is 59.5 Å². The number of aromatic nitrogens is 3. The maximum Gasteiger partial charge on any atom is 0.126 e. The highest BCUT2D eigenvalue weighted by atomic mass is 79.9. The highest BCUT2D eigenvalue weighted by Gasteiger charge is 2.22. The zero-order valence-corrected chi connectivity index (χ0v) is 19.6. The number of hydrogen-bond donors (Lipinski definition) is 0. The van der Waals surface area contributed by atoms with E-state index >= 15 is 0 Å². The van der Waals surface area contributed by atoms with E-state index in [1.807, 2.05) is 0 Å². The van der Waals surface area contributed by atoms with E-state index in [1.54, 1.807) is 29.4 Å². The molecule has 4 aromatic rings. The van der Waals surface area contributed by atoms with E-state index in [4.69, 9.17) is 9.97 Å². The van der Waals surface area contributed by atoms with Gasteiger partial charge in [0.05, 0.1) is 10.2 Å². The van der Waals surface area contributed by atoms with Gasteiger partial charge in [-0.05, 0) is 60.9 Å². The minimum Gasteiger partial charge on any atom is -0.242 e. The summed E-state index contributed by atoms with van der Waals surface area (Å²) in [5, 5.41) is 2.37. The Morgan fingerprint density at radius 3 is 2.66 bits per heavy atom. The summed E-state index contributed by atoms with van der Waals surface area (Å²) in [6.45, 7) is 2.24. The standard InChI is InChI=1S/C23H22BrN3S2/c1-2-5-18-16-6-3-4-7-17(16)19-20-21(29-22(19)27-18)23(26-13-25-20)28-12-14-8-10-15(24)11-9-14/h8-11,13H,2-7,12H2,1H3. The molecule has 5 rings (SSSR count). The quantitative estimate of drug-likeness (QED) is 0.223. The van der Waals surface area contributed by atoms with Gasteiger partial charge < -0.3 is 0 Å². The van der Waals surface area contributed by atoms with Crippen molar-refractivity contribution in [1.29, 1.82) is 0 Å². The van der Waals surface area contributed by atoms with Crippen LogP contribution in [0.4, 0.5) is 0 Å². The van der Waals surface area contributed by atoms with Crippen LogP contribution in [-0.4, -0.2) is 15.0 Å². The largest absolute Gasteiger partial charge is 0.242 e. The van der Waals surface area contributed by atoms with Crippen LogP contribution in [0.25, 0.3) is 20.4 Å². The van der Waals surface area contributed by atoms with Gasteiger partial charge in [0.25, 0.3) is 0 Å². The van der Waals surface area contributed by atoms with E-state index in [9.17, 15) is 0 Å². The van der Waals surface area contributed by atoms with Crippen LogP contribution in [0.2, 0.25) is 0 Å². The minimum absolute atomic E-state index is 0.903. The number of thiophene rings is 1. The number of aryl methyl sites for hydroxylation is 2. The first-order chi connectivity index (χ1) is 14.2. The van der Waals surface area contributed by atoms with E-state index < -0.39 is 0 Å². The first-order valence-corrected chi connectivity index (χ1v) is 12.8. The lowest BCUT2D eigenvalue weighted by Gasteiger charge is -2.19. The molecule has 3 aromatic heterocycles. The normalized spacial score (nSPS) is 13.9. The second-order valence-electron chi connectivity index (χ2n) is 7.53. The van der Waals surface area contributed by atoms with Gasteiger partial charge in [-0.2, -0.15) is 0 Å². The van der Waals surface area contributed by atoms with Crippen molar-refractivity contribution in [2.24, 2.45) is 0 Å². The van der Waals surface area contributed by atoms with Gasteiger partial charge in [0.1, 0.15) is 16.2 Å². The van der Waals surface area contributed by atoms with Crippen LogP contribution in [0.15, 0.2) is 40.1 Å². The third-order valence-corrected chi connectivity index (χ3v) is 8.35. The molecule has 1 aliphatic carbocycles. The molecule has 0 N–H and O–H groups in total. The lowest BCUT2D eigenvalue weighted by Crippen LogP contribution is -2.09. The Labute approximate surface area is 187 Å². The van der Waals surface area contributed by atoms with Gasteiger partial charge in [0.15, 0.2) is 0 Å². The summed E-state index contributed by atoms with van der Waals surface area (Å²) >= 11 is 7.07. The Bertz CT molecular complexity index is 1180. The van der Waals surface area contributed by atoms with Crippen LogP contribution in [0.5, 0.6) is 0 Å². The molecule has 1 aliphatic rings. The van der Waals surface area contributed by atoms with Gasteiger partial charge in [-0.25, -0.2) is 15.0 Å². The maximum atomic E-state index is 5.12. The Balaban J connectivity index is 1.60. The zero-order valence-electron chi connectivity index (χ0n) is 16.4. The molecule has 0 saturated carbocycles. The van der Waals surface area contributed by atoms with Crippen LogP contribution >= 0.6 is 39.0 Å². The number of fused-ring (bicyclic) bond motifs is 5. The fourth-order valence-corrected chi connectivity index (χ4v) is 6.67. The highest BCUT2D eigenvalue weighted by Crippen LogP contribution is 2.42. The lowest BCUT2D eigenvalue weighted by molar-refractivity contribution is 0.675. The predicted octanol–water partition coefficient (Wildman–Crippen LogP) is 7.13. The van der Waals surface area contributed by atoms with Crippen molar-refractivity contribution in [1.82, 2.24) is 15.0 Å². The summed E-state index contributed by atoms with van der Waals surface area (Å²) in [4.78, 5) is 15.6. The van der Waals surface area contributed by atoms with Gasteiger partial charge in [-0.1, -0.05) is 41.4 Å². The van der Waals surface area contributed by atoms with Crippen molar-refractivity contribution < 1.29 is 0 Å². The summed E-state index contributed by atoms with van der Waals surface area (Å²) < 4.78 is 2.30. The van der Waals surface area contributed by atoms with E-state index in [-0.39, 0.29) is 0 Å². The van der Waals surface area contributed by atoms with Gasteiger partial charge >= 0.3 is 0 Å². The third-order valence-electron chi connectivity index (χ3n) is 5.55. The van der Waals surface area contributed by atoms with Crippen LogP contribution in [0.3, 0.4) is 0 Å². The molecule has 0 unspecified atom stereocenters. The van der Waals surface area contributed by atoms with Crippen molar-refractivity contribution in [2.45, 2.75) is 56.2 Å². The summed E-state index contributed by atoms with van der Waals surface area (Å²) in [5.41, 5.74) is 6.74. The molecule has 3 nitrogen and oxygen atoms in total. The molecule has 6 heteroatoms. The maximum absolute atomic E-state index is 5.12. The Morgan fingerprint density at radius 2 is 1.86 bits per heavy atom. The number of hydrogen-bond acceptors (Lipinski definition) is 5. The zero-order chi connectivity index (χ0) is 19.8. The summed E-state index contributed by atoms with van der Waals surface area (Å²) in [6, 6.07) is 8.51. The predicted molar refractivity (Wildman–Crippen MR) is 127 cm³/mol. The number of pyridine rings is 1. The molecule has 29 heavy (non-hydrogen) atoms. The molecular weight excluding hydrogens is 462 g/mol. The van der Waals surface area contributed by atoms with Gasteiger partial charge in [0, 0.05) is 21.3 Å². The van der Waals surface area contributed by atoms with Crippen molar-refractivity contribution in [3.05, 3.63) is 57.4 Å². The number of benzene rings is 1. The first kappa shape index (κ1) is 19.5. The molecule has 1 aromatic carbocycles. The van der Waals surface area contributed by atoms with Crippen molar-refractivity contribution in [3.63, 3.8) is 0 Å². The topological polar surface area (TPSA) is 38.7 Å². The molecule has 0 aliphatic heterocycles. The van der Waals surface area contributed by atoms with Crippen molar-refractivity contribution in [3.8, 4) is 0 Å². The minimum atomic E-state index is 0.903. The molecule has 0 radical (unpaired) electrons. The molecule has 0 amide bonds. The van der Waals surface area contributed by atoms with E-state index in [0.29, 0.717) is 0 Å². The first-order valence-electron chi connectivity index (χ1n) is 10.2. The molecule has 0 bridgehead atoms. The molecule has 148 valence electrons. The molecule has 0 spiro atoms. The Kier molecular flexibility index (Phi) is 5.59. The Hall–Kier alpha value is -1.50. The smallest absolute Gasteiger partial charge is 0.126 e. The van der Waals surface area contributed by atoms with Crippen LogP contribution in [0.1, 0.15) is 48.6 Å². The number of rotatable bonds is 5. The van der Waals surface area contributed by atoms with Crippen LogP contribution in [-0.2, 0) is 25.0 Å². The van der Waals surface area contributed by atoms with E-state index in [0.717, 1.165) is 44.9 Å². The SMILES string of the molecule is CCCc1nc2sc3c(SCc4ccc(Br)cc4)ncnc3c2c2c1CCCC2. The summed E-state index contributed by atoms with van der Waals surface area (Å²) in [6.07, 6.45) is 8.82. The summed E-state index contributed by atoms with van der Waals surface area (Å²) in [5.74, 6) is 0.903. The van der Waals surface area contributed by atoms with E-state index in [2.05, 4.69) is 52.1 Å².